The molecule has 42 heavy (non-hydrogen) atoms. The molecule has 2 N–H and O–H groups in total. The molecule has 230 valence electrons. The Morgan fingerprint density at radius 1 is 1.05 bits per heavy atom. The smallest absolute Gasteiger partial charge is 0.306 e. The van der Waals surface area contributed by atoms with E-state index >= 15 is 0 Å². The van der Waals surface area contributed by atoms with Gasteiger partial charge in [-0.25, -0.2) is 13.4 Å². The number of nitrogens with one attached hydrogen (secondary N) is 1. The van der Waals surface area contributed by atoms with Crippen molar-refractivity contribution in [3.05, 3.63) is 60.2 Å². The van der Waals surface area contributed by atoms with E-state index in [1.54, 1.807) is 12.1 Å². The normalized spacial score (nSPS) is 26.4. The summed E-state index contributed by atoms with van der Waals surface area (Å²) in [6, 6.07) is 15.8. The summed E-state index contributed by atoms with van der Waals surface area (Å²) in [7, 11) is -2.40. The molecule has 5 unspecified atom stereocenters. The van der Waals surface area contributed by atoms with Crippen LogP contribution in [0, 0.1) is 29.6 Å². The fraction of sp³-hybridized carbons (Fsp3) is 0.581. The third-order valence-electron chi connectivity index (χ3n) is 8.48. The van der Waals surface area contributed by atoms with E-state index in [9.17, 15) is 18.3 Å². The Morgan fingerprint density at radius 3 is 2.45 bits per heavy atom. The number of benzene rings is 2. The van der Waals surface area contributed by atoms with Crippen LogP contribution in [0.2, 0.25) is 0 Å². The second-order valence-electron chi connectivity index (χ2n) is 12.1. The minimum absolute atomic E-state index is 0.00153. The molecule has 3 aliphatic rings. The van der Waals surface area contributed by atoms with E-state index in [0.29, 0.717) is 31.9 Å². The number of rotatable bonds is 14. The number of nitrogens with zero attached hydrogens (tertiary/aromatic N) is 1. The van der Waals surface area contributed by atoms with Crippen LogP contribution in [0.15, 0.2) is 59.5 Å². The Morgan fingerprint density at radius 2 is 1.76 bits per heavy atom. The first-order valence-corrected chi connectivity index (χ1v) is 16.2. The minimum atomic E-state index is -3.92. The van der Waals surface area contributed by atoms with E-state index in [1.165, 1.54) is 24.3 Å². The molecule has 2 saturated heterocycles. The second kappa shape index (κ2) is 13.4. The van der Waals surface area contributed by atoms with Gasteiger partial charge in [0.2, 0.25) is 0 Å². The number of sulfonamides is 1. The van der Waals surface area contributed by atoms with Gasteiger partial charge in [0, 0.05) is 36.8 Å². The average molecular weight is 603 g/mol. The highest BCUT2D eigenvalue weighted by Crippen LogP contribution is 2.49. The molecular formula is C31H42N2O8S. The van der Waals surface area contributed by atoms with Crippen molar-refractivity contribution in [3.8, 4) is 5.75 Å². The standard InChI is InChI=1S/C31H42N2O8S/c1-20(2)16-33(32-42(36,37)25-11-9-24(38-3)10-12-25)17-28(34)22(13-21-7-5-4-6-8-21)15-29(35)41-30-23-14-26-27(30)19-40-31(26)39-18-23/h4-12,20,22-23,26-28,30-32,34H,13-19H2,1-3H3/t22-,23?,26?,27?,28-,30?,31?/m1/s1. The lowest BCUT2D eigenvalue weighted by Crippen LogP contribution is -2.49. The van der Waals surface area contributed by atoms with Gasteiger partial charge in [-0.1, -0.05) is 44.2 Å². The molecule has 2 heterocycles. The van der Waals surface area contributed by atoms with E-state index < -0.39 is 22.0 Å². The monoisotopic (exact) mass is 602 g/mol. The fourth-order valence-corrected chi connectivity index (χ4v) is 7.56. The van der Waals surface area contributed by atoms with Gasteiger partial charge in [-0.3, -0.25) is 4.79 Å². The number of methoxy groups -OCH3 is 1. The van der Waals surface area contributed by atoms with Crippen LogP contribution in [0.3, 0.4) is 0 Å². The van der Waals surface area contributed by atoms with Crippen molar-refractivity contribution in [2.75, 3.05) is 33.4 Å². The van der Waals surface area contributed by atoms with Crippen molar-refractivity contribution >= 4 is 16.0 Å². The molecule has 3 fully saturated rings. The number of fused-ring (bicyclic) bond motifs is 1. The Hall–Kier alpha value is -2.54. The zero-order valence-electron chi connectivity index (χ0n) is 24.4. The van der Waals surface area contributed by atoms with E-state index in [0.717, 1.165) is 12.0 Å². The largest absolute Gasteiger partial charge is 0.497 e. The van der Waals surface area contributed by atoms with Crippen molar-refractivity contribution in [2.24, 2.45) is 29.6 Å². The lowest BCUT2D eigenvalue weighted by atomic mass is 9.90. The van der Waals surface area contributed by atoms with Crippen molar-refractivity contribution in [2.45, 2.75) is 56.5 Å². The summed E-state index contributed by atoms with van der Waals surface area (Å²) >= 11 is 0. The zero-order valence-corrected chi connectivity index (χ0v) is 25.2. The summed E-state index contributed by atoms with van der Waals surface area (Å²) in [5.74, 6) is 0.348. The summed E-state index contributed by atoms with van der Waals surface area (Å²) in [5.41, 5.74) is 0.973. The molecular weight excluding hydrogens is 560 g/mol. The predicted octanol–water partition coefficient (Wildman–Crippen LogP) is 3.01. The van der Waals surface area contributed by atoms with Crippen molar-refractivity contribution < 1.29 is 37.3 Å². The van der Waals surface area contributed by atoms with Crippen LogP contribution in [0.1, 0.15) is 32.3 Å². The van der Waals surface area contributed by atoms with Gasteiger partial charge in [0.1, 0.15) is 11.9 Å². The Balaban J connectivity index is 1.28. The number of aliphatic hydroxyl groups excluding tert-OH is 1. The molecule has 10 nitrogen and oxygen atoms in total. The zero-order chi connectivity index (χ0) is 29.9. The topological polar surface area (TPSA) is 124 Å². The van der Waals surface area contributed by atoms with Crippen LogP contribution in [-0.2, 0) is 35.4 Å². The Bertz CT molecular complexity index is 1290. The third-order valence-corrected chi connectivity index (χ3v) is 9.87. The number of carbonyl (C=O) groups is 1. The average Bonchev–Trinajstić information content (AvgIpc) is 3.49. The molecule has 0 spiro atoms. The summed E-state index contributed by atoms with van der Waals surface area (Å²) in [4.78, 5) is 16.1. The van der Waals surface area contributed by atoms with Crippen LogP contribution in [0.5, 0.6) is 5.75 Å². The second-order valence-corrected chi connectivity index (χ2v) is 13.8. The molecule has 2 aromatic carbocycles. The first-order valence-electron chi connectivity index (χ1n) is 14.7. The number of hydrogen-bond acceptors (Lipinski definition) is 9. The highest BCUT2D eigenvalue weighted by Gasteiger charge is 2.56. The van der Waals surface area contributed by atoms with Gasteiger partial charge < -0.3 is 24.1 Å². The van der Waals surface area contributed by atoms with Crippen LogP contribution in [-0.4, -0.2) is 76.4 Å². The van der Waals surface area contributed by atoms with Crippen molar-refractivity contribution in [1.29, 1.82) is 0 Å². The van der Waals surface area contributed by atoms with Crippen LogP contribution >= 0.6 is 0 Å². The highest BCUT2D eigenvalue weighted by molar-refractivity contribution is 7.89. The van der Waals surface area contributed by atoms with Crippen LogP contribution in [0.4, 0.5) is 0 Å². The summed E-state index contributed by atoms with van der Waals surface area (Å²) in [6.07, 6.45) is -0.0913. The van der Waals surface area contributed by atoms with Gasteiger partial charge in [0.05, 0.1) is 37.7 Å². The first kappa shape index (κ1) is 30.9. The maximum absolute atomic E-state index is 13.3. The maximum Gasteiger partial charge on any atom is 0.306 e. The molecule has 7 atom stereocenters. The van der Waals surface area contributed by atoms with Gasteiger partial charge in [-0.2, -0.15) is 0 Å². The lowest BCUT2D eigenvalue weighted by Gasteiger charge is -2.31. The van der Waals surface area contributed by atoms with E-state index in [2.05, 4.69) is 4.83 Å². The predicted molar refractivity (Wildman–Crippen MR) is 155 cm³/mol. The summed E-state index contributed by atoms with van der Waals surface area (Å²) < 4.78 is 49.2. The van der Waals surface area contributed by atoms with Gasteiger partial charge in [-0.15, -0.1) is 4.83 Å². The quantitative estimate of drug-likeness (QED) is 0.248. The van der Waals surface area contributed by atoms with Gasteiger partial charge in [0.15, 0.2) is 6.29 Å². The number of hydrogen-bond donors (Lipinski definition) is 2. The van der Waals surface area contributed by atoms with E-state index in [-0.39, 0.29) is 59.9 Å². The molecule has 11 heteroatoms. The third kappa shape index (κ3) is 7.32. The molecule has 0 amide bonds. The summed E-state index contributed by atoms with van der Waals surface area (Å²) in [6.45, 7) is 5.35. The molecule has 0 radical (unpaired) electrons. The SMILES string of the molecule is COc1ccc(S(=O)(=O)NN(CC(C)C)C[C@@H](O)[C@@H](CC(=O)OC2C3COC4OCC2C4C3)Cc2ccccc2)cc1. The van der Waals surface area contributed by atoms with Gasteiger partial charge >= 0.3 is 5.97 Å². The molecule has 2 aliphatic heterocycles. The number of esters is 1. The molecule has 2 bridgehead atoms. The van der Waals surface area contributed by atoms with Crippen LogP contribution < -0.4 is 9.57 Å². The van der Waals surface area contributed by atoms with Gasteiger partial charge in [-0.05, 0) is 48.6 Å². The molecule has 1 aliphatic carbocycles. The molecule has 1 saturated carbocycles. The fourth-order valence-electron chi connectivity index (χ4n) is 6.47. The number of ether oxygens (including phenoxy) is 4. The molecule has 2 aromatic rings. The Kier molecular flexibility index (Phi) is 9.86. The van der Waals surface area contributed by atoms with E-state index in [1.807, 2.05) is 44.2 Å². The Labute approximate surface area is 248 Å². The maximum atomic E-state index is 13.3. The van der Waals surface area contributed by atoms with E-state index in [4.69, 9.17) is 18.9 Å². The lowest BCUT2D eigenvalue weighted by molar-refractivity contribution is -0.178. The minimum Gasteiger partial charge on any atom is -0.497 e. The molecule has 5 rings (SSSR count). The highest BCUT2D eigenvalue weighted by atomic mass is 32.2. The van der Waals surface area contributed by atoms with Crippen LogP contribution in [0.25, 0.3) is 0 Å². The molecule has 0 aromatic heterocycles. The number of carbonyl (C=O) groups excluding carboxylic acids is 1. The first-order chi connectivity index (χ1) is 20.1. The van der Waals surface area contributed by atoms with Crippen molar-refractivity contribution in [1.82, 2.24) is 9.84 Å². The van der Waals surface area contributed by atoms with Gasteiger partial charge in [0.25, 0.3) is 10.0 Å². The number of aliphatic hydroxyl groups is 1. The van der Waals surface area contributed by atoms with Crippen molar-refractivity contribution in [3.63, 3.8) is 0 Å². The number of hydrazine groups is 1. The summed E-state index contributed by atoms with van der Waals surface area (Å²) in [5, 5.41) is 13.0.